The summed E-state index contributed by atoms with van der Waals surface area (Å²) in [5.41, 5.74) is 0. The lowest BCUT2D eigenvalue weighted by Crippen LogP contribution is -2.35. The molecule has 1 heterocycles. The molecule has 0 radical (unpaired) electrons. The highest BCUT2D eigenvalue weighted by atomic mass is 32.2. The fourth-order valence-corrected chi connectivity index (χ4v) is 2.78. The highest BCUT2D eigenvalue weighted by molar-refractivity contribution is 7.98. The SMILES string of the molecule is CC[C@@H]1CC[C@@H](C)N1CCCSC. The van der Waals surface area contributed by atoms with E-state index in [1.165, 1.54) is 38.0 Å². The monoisotopic (exact) mass is 201 g/mol. The van der Waals surface area contributed by atoms with E-state index in [1.54, 1.807) is 0 Å². The molecule has 1 aliphatic rings. The molecule has 1 saturated heterocycles. The van der Waals surface area contributed by atoms with Crippen LogP contribution in [0.2, 0.25) is 0 Å². The molecule has 0 saturated carbocycles. The number of hydrogen-bond acceptors (Lipinski definition) is 2. The predicted octanol–water partition coefficient (Wildman–Crippen LogP) is 3.00. The summed E-state index contributed by atoms with van der Waals surface area (Å²) in [6, 6.07) is 1.73. The van der Waals surface area contributed by atoms with Crippen LogP contribution >= 0.6 is 11.8 Å². The standard InChI is InChI=1S/C11H23NS/c1-4-11-7-6-10(2)12(11)8-5-9-13-3/h10-11H,4-9H2,1-3H3/t10-,11-/m1/s1. The summed E-state index contributed by atoms with van der Waals surface area (Å²) in [6.07, 6.45) is 7.74. The molecule has 0 aromatic carbocycles. The highest BCUT2D eigenvalue weighted by Crippen LogP contribution is 2.25. The van der Waals surface area contributed by atoms with E-state index in [4.69, 9.17) is 0 Å². The molecular weight excluding hydrogens is 178 g/mol. The van der Waals surface area contributed by atoms with Gasteiger partial charge in [-0.2, -0.15) is 11.8 Å². The minimum atomic E-state index is 0.840. The fraction of sp³-hybridized carbons (Fsp3) is 1.00. The van der Waals surface area contributed by atoms with E-state index >= 15 is 0 Å². The van der Waals surface area contributed by atoms with Crippen LogP contribution in [-0.4, -0.2) is 35.5 Å². The molecule has 0 aromatic heterocycles. The first-order valence-corrected chi connectivity index (χ1v) is 6.93. The topological polar surface area (TPSA) is 3.24 Å². The van der Waals surface area contributed by atoms with Gasteiger partial charge in [-0.3, -0.25) is 4.90 Å². The first-order valence-electron chi connectivity index (χ1n) is 5.54. The summed E-state index contributed by atoms with van der Waals surface area (Å²) < 4.78 is 0. The largest absolute Gasteiger partial charge is 0.298 e. The first kappa shape index (κ1) is 11.4. The molecule has 1 aliphatic heterocycles. The fourth-order valence-electron chi connectivity index (χ4n) is 2.36. The van der Waals surface area contributed by atoms with Crippen LogP contribution in [-0.2, 0) is 0 Å². The van der Waals surface area contributed by atoms with Crippen LogP contribution in [0.3, 0.4) is 0 Å². The average molecular weight is 201 g/mol. The molecule has 2 atom stereocenters. The number of thioether (sulfide) groups is 1. The zero-order valence-corrected chi connectivity index (χ0v) is 10.1. The van der Waals surface area contributed by atoms with Crippen molar-refractivity contribution in [3.05, 3.63) is 0 Å². The Bertz CT molecular complexity index is 138. The van der Waals surface area contributed by atoms with E-state index in [-0.39, 0.29) is 0 Å². The Morgan fingerprint density at radius 1 is 1.38 bits per heavy atom. The van der Waals surface area contributed by atoms with Crippen LogP contribution in [0.5, 0.6) is 0 Å². The number of hydrogen-bond donors (Lipinski definition) is 0. The van der Waals surface area contributed by atoms with Crippen LogP contribution in [0.25, 0.3) is 0 Å². The highest BCUT2D eigenvalue weighted by Gasteiger charge is 2.28. The molecule has 0 unspecified atom stereocenters. The van der Waals surface area contributed by atoms with Crippen molar-refractivity contribution in [3.63, 3.8) is 0 Å². The van der Waals surface area contributed by atoms with Gasteiger partial charge in [-0.25, -0.2) is 0 Å². The maximum absolute atomic E-state index is 2.72. The second-order valence-corrected chi connectivity index (χ2v) is 5.06. The summed E-state index contributed by atoms with van der Waals surface area (Å²) in [7, 11) is 0. The average Bonchev–Trinajstić information content (AvgIpc) is 2.48. The van der Waals surface area contributed by atoms with Crippen LogP contribution in [0, 0.1) is 0 Å². The first-order chi connectivity index (χ1) is 6.29. The molecule has 0 aromatic rings. The molecule has 2 heteroatoms. The Balaban J connectivity index is 2.27. The van der Waals surface area contributed by atoms with Gasteiger partial charge >= 0.3 is 0 Å². The van der Waals surface area contributed by atoms with Gasteiger partial charge in [-0.1, -0.05) is 6.92 Å². The van der Waals surface area contributed by atoms with E-state index in [0.717, 1.165) is 12.1 Å². The van der Waals surface area contributed by atoms with Crippen molar-refractivity contribution in [1.82, 2.24) is 4.90 Å². The second kappa shape index (κ2) is 5.92. The van der Waals surface area contributed by atoms with Gasteiger partial charge in [0.1, 0.15) is 0 Å². The van der Waals surface area contributed by atoms with Gasteiger partial charge in [0.15, 0.2) is 0 Å². The minimum absolute atomic E-state index is 0.840. The van der Waals surface area contributed by atoms with Crippen molar-refractivity contribution in [2.45, 2.75) is 51.6 Å². The Morgan fingerprint density at radius 2 is 2.15 bits per heavy atom. The summed E-state index contributed by atoms with van der Waals surface area (Å²) in [4.78, 5) is 2.72. The lowest BCUT2D eigenvalue weighted by Gasteiger charge is -2.27. The molecular formula is C11H23NS. The summed E-state index contributed by atoms with van der Waals surface area (Å²) in [6.45, 7) is 6.03. The maximum Gasteiger partial charge on any atom is 0.00960 e. The summed E-state index contributed by atoms with van der Waals surface area (Å²) >= 11 is 1.97. The van der Waals surface area contributed by atoms with E-state index in [1.807, 2.05) is 11.8 Å². The number of likely N-dealkylation sites (tertiary alicyclic amines) is 1. The van der Waals surface area contributed by atoms with E-state index < -0.39 is 0 Å². The normalized spacial score (nSPS) is 29.8. The van der Waals surface area contributed by atoms with Crippen molar-refractivity contribution in [2.24, 2.45) is 0 Å². The lowest BCUT2D eigenvalue weighted by molar-refractivity contribution is 0.200. The third-order valence-corrected chi connectivity index (χ3v) is 3.89. The van der Waals surface area contributed by atoms with Gasteiger partial charge < -0.3 is 0 Å². The Labute approximate surface area is 87.3 Å². The van der Waals surface area contributed by atoms with Crippen molar-refractivity contribution in [3.8, 4) is 0 Å². The molecule has 0 bridgehead atoms. The van der Waals surface area contributed by atoms with Gasteiger partial charge in [-0.15, -0.1) is 0 Å². The van der Waals surface area contributed by atoms with Gasteiger partial charge in [0.2, 0.25) is 0 Å². The van der Waals surface area contributed by atoms with E-state index in [2.05, 4.69) is 25.0 Å². The van der Waals surface area contributed by atoms with Crippen molar-refractivity contribution >= 4 is 11.8 Å². The molecule has 0 amide bonds. The van der Waals surface area contributed by atoms with Gasteiger partial charge in [0, 0.05) is 12.1 Å². The molecule has 0 spiro atoms. The molecule has 1 fully saturated rings. The van der Waals surface area contributed by atoms with Crippen LogP contribution < -0.4 is 0 Å². The lowest BCUT2D eigenvalue weighted by atomic mass is 10.1. The molecule has 78 valence electrons. The molecule has 0 aliphatic carbocycles. The zero-order chi connectivity index (χ0) is 9.68. The summed E-state index contributed by atoms with van der Waals surface area (Å²) in [5.74, 6) is 1.32. The Hall–Kier alpha value is 0.310. The predicted molar refractivity (Wildman–Crippen MR) is 62.5 cm³/mol. The van der Waals surface area contributed by atoms with E-state index in [9.17, 15) is 0 Å². The van der Waals surface area contributed by atoms with Crippen LogP contribution in [0.4, 0.5) is 0 Å². The van der Waals surface area contributed by atoms with Crippen molar-refractivity contribution in [2.75, 3.05) is 18.6 Å². The van der Waals surface area contributed by atoms with E-state index in [0.29, 0.717) is 0 Å². The Morgan fingerprint density at radius 3 is 2.77 bits per heavy atom. The summed E-state index contributed by atoms with van der Waals surface area (Å²) in [5, 5.41) is 0. The van der Waals surface area contributed by atoms with Crippen LogP contribution in [0.1, 0.15) is 39.5 Å². The van der Waals surface area contributed by atoms with Crippen LogP contribution in [0.15, 0.2) is 0 Å². The molecule has 13 heavy (non-hydrogen) atoms. The minimum Gasteiger partial charge on any atom is -0.298 e. The Kier molecular flexibility index (Phi) is 5.18. The van der Waals surface area contributed by atoms with Gasteiger partial charge in [-0.05, 0) is 51.2 Å². The van der Waals surface area contributed by atoms with Gasteiger partial charge in [0.05, 0.1) is 0 Å². The zero-order valence-electron chi connectivity index (χ0n) is 9.25. The number of nitrogens with zero attached hydrogens (tertiary/aromatic N) is 1. The van der Waals surface area contributed by atoms with Gasteiger partial charge in [0.25, 0.3) is 0 Å². The number of rotatable bonds is 5. The maximum atomic E-state index is 2.72. The molecule has 1 nitrogen and oxygen atoms in total. The third kappa shape index (κ3) is 3.17. The van der Waals surface area contributed by atoms with Crippen molar-refractivity contribution in [1.29, 1.82) is 0 Å². The second-order valence-electron chi connectivity index (χ2n) is 4.07. The smallest absolute Gasteiger partial charge is 0.00960 e. The van der Waals surface area contributed by atoms with Crippen molar-refractivity contribution < 1.29 is 0 Å². The quantitative estimate of drug-likeness (QED) is 0.629. The third-order valence-electron chi connectivity index (χ3n) is 3.19. The molecule has 1 rings (SSSR count). The molecule has 0 N–H and O–H groups in total.